The van der Waals surface area contributed by atoms with Gasteiger partial charge in [-0.2, -0.15) is 0 Å². The molecule has 0 aromatic heterocycles. The number of methoxy groups -OCH3 is 1. The topological polar surface area (TPSA) is 58.6 Å². The van der Waals surface area contributed by atoms with Crippen LogP contribution in [0.25, 0.3) is 0 Å². The normalized spacial score (nSPS) is 11.1. The molecule has 0 bridgehead atoms. The number of nitrogens with one attached hydrogen (secondary N) is 1. The lowest BCUT2D eigenvalue weighted by molar-refractivity contribution is -0.129. The maximum absolute atomic E-state index is 12.5. The smallest absolute Gasteiger partial charge is 0.226 e. The van der Waals surface area contributed by atoms with Crippen molar-refractivity contribution in [2.75, 3.05) is 32.1 Å². The Morgan fingerprint density at radius 1 is 1.08 bits per heavy atom. The Labute approximate surface area is 158 Å². The van der Waals surface area contributed by atoms with Gasteiger partial charge >= 0.3 is 0 Å². The van der Waals surface area contributed by atoms with Gasteiger partial charge in [0.05, 0.1) is 0 Å². The second kappa shape index (κ2) is 11.0. The third-order valence-corrected chi connectivity index (χ3v) is 4.47. The minimum Gasteiger partial charge on any atom is -0.385 e. The zero-order valence-corrected chi connectivity index (χ0v) is 17.1. The molecule has 1 rings (SSSR count). The van der Waals surface area contributed by atoms with E-state index in [4.69, 9.17) is 4.74 Å². The zero-order valence-electron chi connectivity index (χ0n) is 17.1. The van der Waals surface area contributed by atoms with Crippen LogP contribution in [0, 0.1) is 0 Å². The first-order valence-electron chi connectivity index (χ1n) is 9.45. The molecule has 0 aliphatic rings. The molecule has 0 atom stereocenters. The Balaban J connectivity index is 2.79. The molecule has 0 aliphatic heterocycles. The highest BCUT2D eigenvalue weighted by Gasteiger charge is 2.17. The summed E-state index contributed by atoms with van der Waals surface area (Å²) in [5.41, 5.74) is 3.22. The van der Waals surface area contributed by atoms with Crippen LogP contribution in [0.4, 0.5) is 5.69 Å². The van der Waals surface area contributed by atoms with Gasteiger partial charge in [0, 0.05) is 45.8 Å². The molecule has 0 radical (unpaired) electrons. The second-order valence-corrected chi connectivity index (χ2v) is 7.27. The predicted molar refractivity (Wildman–Crippen MR) is 107 cm³/mol. The van der Waals surface area contributed by atoms with Crippen LogP contribution in [0.1, 0.15) is 70.4 Å². The van der Waals surface area contributed by atoms with Crippen molar-refractivity contribution in [3.8, 4) is 0 Å². The van der Waals surface area contributed by atoms with E-state index >= 15 is 0 Å². The maximum Gasteiger partial charge on any atom is 0.226 e. The molecule has 1 N–H and O–H groups in total. The highest BCUT2D eigenvalue weighted by atomic mass is 16.5. The number of rotatable bonds is 10. The van der Waals surface area contributed by atoms with Crippen LogP contribution in [-0.4, -0.2) is 43.5 Å². The molecule has 0 unspecified atom stereocenters. The molecule has 0 spiro atoms. The third-order valence-electron chi connectivity index (χ3n) is 4.47. The van der Waals surface area contributed by atoms with Crippen LogP contribution in [0.5, 0.6) is 0 Å². The van der Waals surface area contributed by atoms with E-state index < -0.39 is 0 Å². The molecule has 5 nitrogen and oxygen atoms in total. The average Bonchev–Trinajstić information content (AvgIpc) is 2.57. The van der Waals surface area contributed by atoms with Gasteiger partial charge in [0.2, 0.25) is 11.8 Å². The Bertz CT molecular complexity index is 571. The van der Waals surface area contributed by atoms with E-state index in [2.05, 4.69) is 45.1 Å². The molecule has 0 aliphatic carbocycles. The molecule has 0 heterocycles. The molecule has 5 heteroatoms. The average molecular weight is 363 g/mol. The first-order valence-corrected chi connectivity index (χ1v) is 9.45. The van der Waals surface area contributed by atoms with Crippen molar-refractivity contribution in [3.05, 3.63) is 29.3 Å². The molecule has 1 aromatic carbocycles. The quantitative estimate of drug-likeness (QED) is 0.636. The minimum atomic E-state index is -0.0574. The van der Waals surface area contributed by atoms with Crippen LogP contribution < -0.4 is 5.32 Å². The minimum absolute atomic E-state index is 0.0145. The fraction of sp³-hybridized carbons (Fsp3) is 0.619. The summed E-state index contributed by atoms with van der Waals surface area (Å²) >= 11 is 0. The molecule has 0 saturated heterocycles. The summed E-state index contributed by atoms with van der Waals surface area (Å²) < 4.78 is 5.03. The molecule has 0 saturated carbocycles. The summed E-state index contributed by atoms with van der Waals surface area (Å²) in [6, 6.07) is 6.19. The lowest BCUT2D eigenvalue weighted by Crippen LogP contribution is -2.33. The molecule has 26 heavy (non-hydrogen) atoms. The van der Waals surface area contributed by atoms with E-state index in [1.54, 1.807) is 12.0 Å². The largest absolute Gasteiger partial charge is 0.385 e. The molecule has 2 amide bonds. The number of carbonyl (C=O) groups is 2. The highest BCUT2D eigenvalue weighted by molar-refractivity contribution is 5.93. The maximum atomic E-state index is 12.5. The third kappa shape index (κ3) is 6.79. The highest BCUT2D eigenvalue weighted by Crippen LogP contribution is 2.32. The summed E-state index contributed by atoms with van der Waals surface area (Å²) in [4.78, 5) is 26.0. The number of carbonyl (C=O) groups excluding carboxylic acids is 2. The number of para-hydroxylation sites is 1. The van der Waals surface area contributed by atoms with Gasteiger partial charge in [0.1, 0.15) is 0 Å². The van der Waals surface area contributed by atoms with Gasteiger partial charge < -0.3 is 15.0 Å². The first-order chi connectivity index (χ1) is 12.3. The van der Waals surface area contributed by atoms with E-state index in [1.807, 2.05) is 6.07 Å². The van der Waals surface area contributed by atoms with Crippen molar-refractivity contribution in [1.82, 2.24) is 4.90 Å². The van der Waals surface area contributed by atoms with Gasteiger partial charge in [-0.3, -0.25) is 9.59 Å². The fourth-order valence-electron chi connectivity index (χ4n) is 2.96. The van der Waals surface area contributed by atoms with E-state index in [0.29, 0.717) is 31.5 Å². The number of benzene rings is 1. The van der Waals surface area contributed by atoms with Gasteiger partial charge in [0.15, 0.2) is 0 Å². The van der Waals surface area contributed by atoms with Crippen LogP contribution in [0.15, 0.2) is 18.2 Å². The van der Waals surface area contributed by atoms with E-state index in [9.17, 15) is 9.59 Å². The number of anilines is 1. The standard InChI is InChI=1S/C21H34N2O3/c1-15(2)18-9-7-10-19(16(3)4)21(18)22-20(25)11-13-23(17(5)24)12-8-14-26-6/h7,9-10,15-16H,8,11-14H2,1-6H3,(H,22,25). The van der Waals surface area contributed by atoms with Crippen molar-refractivity contribution in [3.63, 3.8) is 0 Å². The van der Waals surface area contributed by atoms with Crippen LogP contribution >= 0.6 is 0 Å². The summed E-state index contributed by atoms with van der Waals surface area (Å²) in [6.07, 6.45) is 1.06. The predicted octanol–water partition coefficient (Wildman–Crippen LogP) is 4.15. The molecular weight excluding hydrogens is 328 g/mol. The summed E-state index contributed by atoms with van der Waals surface area (Å²) in [5, 5.41) is 3.10. The second-order valence-electron chi connectivity index (χ2n) is 7.27. The lowest BCUT2D eigenvalue weighted by atomic mass is 9.92. The van der Waals surface area contributed by atoms with Gasteiger partial charge in [-0.15, -0.1) is 0 Å². The molecular formula is C21H34N2O3. The summed E-state index contributed by atoms with van der Waals surface area (Å²) in [6.45, 7) is 11.7. The number of hydrogen-bond donors (Lipinski definition) is 1. The van der Waals surface area contributed by atoms with Gasteiger partial charge in [-0.1, -0.05) is 45.9 Å². The molecule has 146 valence electrons. The van der Waals surface area contributed by atoms with Crippen LogP contribution in [0.3, 0.4) is 0 Å². The molecule has 1 aromatic rings. The van der Waals surface area contributed by atoms with Gasteiger partial charge in [-0.05, 0) is 29.4 Å². The Morgan fingerprint density at radius 2 is 1.65 bits per heavy atom. The van der Waals surface area contributed by atoms with E-state index in [-0.39, 0.29) is 18.2 Å². The van der Waals surface area contributed by atoms with Crippen LogP contribution in [-0.2, 0) is 14.3 Å². The van der Waals surface area contributed by atoms with E-state index in [0.717, 1.165) is 23.2 Å². The van der Waals surface area contributed by atoms with Crippen molar-refractivity contribution in [2.24, 2.45) is 0 Å². The SMILES string of the molecule is COCCCN(CCC(=O)Nc1c(C(C)C)cccc1C(C)C)C(C)=O. The summed E-state index contributed by atoms with van der Waals surface area (Å²) in [5.74, 6) is 0.580. The number of ether oxygens (including phenoxy) is 1. The number of amides is 2. The monoisotopic (exact) mass is 362 g/mol. The van der Waals surface area contributed by atoms with Crippen molar-refractivity contribution < 1.29 is 14.3 Å². The van der Waals surface area contributed by atoms with Crippen molar-refractivity contribution >= 4 is 17.5 Å². The Hall–Kier alpha value is -1.88. The van der Waals surface area contributed by atoms with E-state index in [1.165, 1.54) is 6.92 Å². The number of nitrogens with zero attached hydrogens (tertiary/aromatic N) is 1. The Morgan fingerprint density at radius 3 is 2.12 bits per heavy atom. The lowest BCUT2D eigenvalue weighted by Gasteiger charge is -2.22. The van der Waals surface area contributed by atoms with Crippen molar-refractivity contribution in [1.29, 1.82) is 0 Å². The van der Waals surface area contributed by atoms with Crippen molar-refractivity contribution in [2.45, 2.75) is 59.3 Å². The Kier molecular flexibility index (Phi) is 9.35. The first kappa shape index (κ1) is 22.2. The fourth-order valence-corrected chi connectivity index (χ4v) is 2.96. The number of hydrogen-bond acceptors (Lipinski definition) is 3. The zero-order chi connectivity index (χ0) is 19.7. The van der Waals surface area contributed by atoms with Gasteiger partial charge in [0.25, 0.3) is 0 Å². The molecule has 0 fully saturated rings. The van der Waals surface area contributed by atoms with Gasteiger partial charge in [-0.25, -0.2) is 0 Å². The summed E-state index contributed by atoms with van der Waals surface area (Å²) in [7, 11) is 1.64. The van der Waals surface area contributed by atoms with Crippen LogP contribution in [0.2, 0.25) is 0 Å².